The Kier molecular flexibility index (Phi) is 8.07. The molecular formula is C24H27N3O7. The van der Waals surface area contributed by atoms with Crippen molar-refractivity contribution in [2.45, 2.75) is 34.1 Å². The first-order chi connectivity index (χ1) is 16.3. The van der Waals surface area contributed by atoms with Gasteiger partial charge in [0, 0.05) is 6.08 Å². The number of fused-ring (bicyclic) bond motifs is 1. The van der Waals surface area contributed by atoms with Gasteiger partial charge in [0.1, 0.15) is 11.1 Å². The van der Waals surface area contributed by atoms with Crippen LogP contribution in [0.4, 0.5) is 5.88 Å². The van der Waals surface area contributed by atoms with Crippen LogP contribution in [-0.2, 0) is 14.3 Å². The summed E-state index contributed by atoms with van der Waals surface area (Å²) in [7, 11) is 0. The van der Waals surface area contributed by atoms with Gasteiger partial charge in [0.05, 0.1) is 24.3 Å². The fraction of sp³-hybridized carbons (Fsp3) is 0.333. The summed E-state index contributed by atoms with van der Waals surface area (Å²) in [5, 5.41) is 9.41. The van der Waals surface area contributed by atoms with E-state index >= 15 is 0 Å². The number of aryl methyl sites for hydroxylation is 2. The van der Waals surface area contributed by atoms with Crippen LogP contribution < -0.4 is 20.3 Å². The highest BCUT2D eigenvalue weighted by Gasteiger charge is 2.19. The lowest BCUT2D eigenvalue weighted by Gasteiger charge is -2.12. The Labute approximate surface area is 195 Å². The summed E-state index contributed by atoms with van der Waals surface area (Å²) in [5.41, 5.74) is 0.769. The van der Waals surface area contributed by atoms with E-state index in [1.165, 1.54) is 6.08 Å². The Morgan fingerprint density at radius 1 is 1.15 bits per heavy atom. The zero-order chi connectivity index (χ0) is 24.7. The van der Waals surface area contributed by atoms with Gasteiger partial charge in [0.25, 0.3) is 11.5 Å². The Balaban J connectivity index is 1.61. The van der Waals surface area contributed by atoms with Crippen molar-refractivity contribution in [3.63, 3.8) is 0 Å². The highest BCUT2D eigenvalue weighted by atomic mass is 16.5. The molecule has 0 aliphatic carbocycles. The van der Waals surface area contributed by atoms with Gasteiger partial charge in [-0.25, -0.2) is 9.89 Å². The number of nitrogens with zero attached hydrogens (tertiary/aromatic N) is 1. The summed E-state index contributed by atoms with van der Waals surface area (Å²) < 4.78 is 21.8. The molecule has 10 heteroatoms. The molecule has 0 radical (unpaired) electrons. The van der Waals surface area contributed by atoms with E-state index in [0.29, 0.717) is 47.1 Å². The summed E-state index contributed by atoms with van der Waals surface area (Å²) >= 11 is 0. The number of carbonyl (C=O) groups excluding carboxylic acids is 2. The standard InChI is InChI=1S/C24H27N3O7/c1-5-11-32-17-9-7-16(12-18(17)31-6-2)8-10-20(29)33-13-19(28)25-24-22-21(15(4)34-24)14(3)26-27-23(22)30/h7-10,12H,5-6,11,13H2,1-4H3,(H,25,28)(H,27,30). The van der Waals surface area contributed by atoms with Crippen molar-refractivity contribution in [1.29, 1.82) is 0 Å². The molecule has 0 atom stereocenters. The molecule has 0 bridgehead atoms. The predicted octanol–water partition coefficient (Wildman–Crippen LogP) is 3.52. The molecule has 1 amide bonds. The van der Waals surface area contributed by atoms with Gasteiger partial charge in [-0.2, -0.15) is 5.10 Å². The van der Waals surface area contributed by atoms with E-state index in [2.05, 4.69) is 15.5 Å². The van der Waals surface area contributed by atoms with E-state index in [4.69, 9.17) is 18.6 Å². The van der Waals surface area contributed by atoms with Gasteiger partial charge in [-0.1, -0.05) is 13.0 Å². The number of ether oxygens (including phenoxy) is 3. The zero-order valence-corrected chi connectivity index (χ0v) is 19.5. The molecule has 180 valence electrons. The number of benzene rings is 1. The third kappa shape index (κ3) is 5.83. The van der Waals surface area contributed by atoms with E-state index in [-0.39, 0.29) is 11.3 Å². The number of amides is 1. The molecule has 0 saturated heterocycles. The van der Waals surface area contributed by atoms with Crippen molar-refractivity contribution in [3.8, 4) is 11.5 Å². The number of esters is 1. The fourth-order valence-electron chi connectivity index (χ4n) is 3.27. The Morgan fingerprint density at radius 2 is 1.94 bits per heavy atom. The molecule has 2 N–H and O–H groups in total. The minimum atomic E-state index is -0.710. The molecule has 0 aliphatic rings. The number of nitrogens with one attached hydrogen (secondary N) is 2. The van der Waals surface area contributed by atoms with Crippen LogP contribution in [0.1, 0.15) is 37.3 Å². The van der Waals surface area contributed by atoms with E-state index in [1.54, 1.807) is 38.1 Å². The molecular weight excluding hydrogens is 442 g/mol. The smallest absolute Gasteiger partial charge is 0.331 e. The van der Waals surface area contributed by atoms with Crippen LogP contribution in [0.2, 0.25) is 0 Å². The number of anilines is 1. The van der Waals surface area contributed by atoms with E-state index in [9.17, 15) is 14.4 Å². The van der Waals surface area contributed by atoms with Crippen LogP contribution in [0.5, 0.6) is 11.5 Å². The van der Waals surface area contributed by atoms with Gasteiger partial charge in [0.15, 0.2) is 18.1 Å². The highest BCUT2D eigenvalue weighted by Crippen LogP contribution is 2.29. The second-order valence-electron chi connectivity index (χ2n) is 7.35. The lowest BCUT2D eigenvalue weighted by atomic mass is 10.2. The Bertz CT molecular complexity index is 1270. The number of rotatable bonds is 10. The van der Waals surface area contributed by atoms with E-state index in [1.807, 2.05) is 13.8 Å². The molecule has 2 heterocycles. The molecule has 34 heavy (non-hydrogen) atoms. The average Bonchev–Trinajstić information content (AvgIpc) is 3.15. The maximum Gasteiger partial charge on any atom is 0.331 e. The Morgan fingerprint density at radius 3 is 2.68 bits per heavy atom. The number of aromatic nitrogens is 2. The molecule has 3 rings (SSSR count). The van der Waals surface area contributed by atoms with Gasteiger partial charge in [-0.3, -0.25) is 14.9 Å². The maximum atomic E-state index is 12.2. The zero-order valence-electron chi connectivity index (χ0n) is 19.5. The first-order valence-electron chi connectivity index (χ1n) is 10.9. The van der Waals surface area contributed by atoms with Crippen molar-refractivity contribution < 1.29 is 28.2 Å². The van der Waals surface area contributed by atoms with Crippen LogP contribution in [0, 0.1) is 13.8 Å². The lowest BCUT2D eigenvalue weighted by molar-refractivity contribution is -0.142. The fourth-order valence-corrected chi connectivity index (χ4v) is 3.27. The minimum Gasteiger partial charge on any atom is -0.490 e. The number of carbonyl (C=O) groups is 2. The first-order valence-corrected chi connectivity index (χ1v) is 10.9. The highest BCUT2D eigenvalue weighted by molar-refractivity contribution is 6.02. The number of H-pyrrole nitrogens is 1. The molecule has 1 aromatic carbocycles. The summed E-state index contributed by atoms with van der Waals surface area (Å²) in [6.07, 6.45) is 3.62. The average molecular weight is 469 g/mol. The lowest BCUT2D eigenvalue weighted by Crippen LogP contribution is -2.21. The monoisotopic (exact) mass is 469 g/mol. The number of hydrogen-bond donors (Lipinski definition) is 2. The van der Waals surface area contributed by atoms with Crippen molar-refractivity contribution in [1.82, 2.24) is 10.2 Å². The number of hydrogen-bond acceptors (Lipinski definition) is 8. The van der Waals surface area contributed by atoms with Crippen LogP contribution >= 0.6 is 0 Å². The van der Waals surface area contributed by atoms with E-state index < -0.39 is 24.0 Å². The van der Waals surface area contributed by atoms with Crippen LogP contribution in [0.25, 0.3) is 16.8 Å². The van der Waals surface area contributed by atoms with Crippen LogP contribution in [-0.4, -0.2) is 41.9 Å². The predicted molar refractivity (Wildman–Crippen MR) is 126 cm³/mol. The van der Waals surface area contributed by atoms with Crippen molar-refractivity contribution in [3.05, 3.63) is 51.6 Å². The summed E-state index contributed by atoms with van der Waals surface area (Å²) in [6.45, 7) is 7.75. The van der Waals surface area contributed by atoms with E-state index in [0.717, 1.165) is 6.42 Å². The first kappa shape index (κ1) is 24.6. The third-order valence-corrected chi connectivity index (χ3v) is 4.74. The third-order valence-electron chi connectivity index (χ3n) is 4.74. The van der Waals surface area contributed by atoms with Crippen LogP contribution in [0.3, 0.4) is 0 Å². The molecule has 3 aromatic rings. The largest absolute Gasteiger partial charge is 0.490 e. The second-order valence-corrected chi connectivity index (χ2v) is 7.35. The van der Waals surface area contributed by atoms with Gasteiger partial charge in [0.2, 0.25) is 5.88 Å². The molecule has 0 spiro atoms. The maximum absolute atomic E-state index is 12.2. The van der Waals surface area contributed by atoms with Gasteiger partial charge in [-0.15, -0.1) is 0 Å². The molecule has 10 nitrogen and oxygen atoms in total. The van der Waals surface area contributed by atoms with Crippen molar-refractivity contribution in [2.75, 3.05) is 25.1 Å². The molecule has 0 fully saturated rings. The molecule has 0 unspecified atom stereocenters. The summed E-state index contributed by atoms with van der Waals surface area (Å²) in [4.78, 5) is 36.5. The minimum absolute atomic E-state index is 0.0234. The summed E-state index contributed by atoms with van der Waals surface area (Å²) in [5.74, 6) is 0.265. The second kappa shape index (κ2) is 11.2. The van der Waals surface area contributed by atoms with Crippen LogP contribution in [0.15, 0.2) is 33.5 Å². The topological polar surface area (TPSA) is 133 Å². The SMILES string of the molecule is CCCOc1ccc(C=CC(=O)OCC(=O)Nc2oc(C)c3c(C)n[nH]c(=O)c23)cc1OCC. The molecule has 0 saturated carbocycles. The quantitative estimate of drug-likeness (QED) is 0.340. The normalized spacial score (nSPS) is 11.1. The Hall–Kier alpha value is -4.08. The van der Waals surface area contributed by atoms with Crippen molar-refractivity contribution >= 4 is 34.6 Å². The summed E-state index contributed by atoms with van der Waals surface area (Å²) in [6, 6.07) is 5.31. The number of aromatic amines is 1. The number of furan rings is 1. The van der Waals surface area contributed by atoms with Gasteiger partial charge >= 0.3 is 5.97 Å². The van der Waals surface area contributed by atoms with Gasteiger partial charge in [-0.05, 0) is 51.0 Å². The molecule has 0 aliphatic heterocycles. The van der Waals surface area contributed by atoms with Gasteiger partial charge < -0.3 is 18.6 Å². The van der Waals surface area contributed by atoms with Crippen molar-refractivity contribution in [2.24, 2.45) is 0 Å². The molecule has 2 aromatic heterocycles.